The second-order valence-electron chi connectivity index (χ2n) is 6.24. The molecule has 0 bridgehead atoms. The van der Waals surface area contributed by atoms with Gasteiger partial charge in [0.15, 0.2) is 0 Å². The Labute approximate surface area is 153 Å². The first-order chi connectivity index (χ1) is 11.9. The zero-order chi connectivity index (χ0) is 18.2. The first-order valence-electron chi connectivity index (χ1n) is 8.28. The average Bonchev–Trinajstić information content (AvgIpc) is 2.57. The van der Waals surface area contributed by atoms with Crippen LogP contribution in [0.1, 0.15) is 30.9 Å². The number of amides is 2. The topological polar surface area (TPSA) is 58.2 Å². The molecule has 2 amide bonds. The number of thioether (sulfide) groups is 1. The Morgan fingerprint density at radius 3 is 2.12 bits per heavy atom. The summed E-state index contributed by atoms with van der Waals surface area (Å²) in [7, 11) is 0. The van der Waals surface area contributed by atoms with Gasteiger partial charge in [0.2, 0.25) is 11.8 Å². The second kappa shape index (κ2) is 9.28. The van der Waals surface area contributed by atoms with Crippen LogP contribution in [-0.4, -0.2) is 23.3 Å². The van der Waals surface area contributed by atoms with E-state index in [1.165, 1.54) is 17.3 Å². The van der Waals surface area contributed by atoms with Crippen LogP contribution in [0, 0.1) is 6.92 Å². The predicted molar refractivity (Wildman–Crippen MR) is 106 cm³/mol. The molecule has 0 saturated heterocycles. The van der Waals surface area contributed by atoms with E-state index in [1.807, 2.05) is 55.5 Å². The lowest BCUT2D eigenvalue weighted by molar-refractivity contribution is -0.114. The molecule has 0 fully saturated rings. The van der Waals surface area contributed by atoms with Gasteiger partial charge in [0.05, 0.1) is 11.5 Å². The van der Waals surface area contributed by atoms with E-state index < -0.39 is 0 Å². The quantitative estimate of drug-likeness (QED) is 0.772. The van der Waals surface area contributed by atoms with Gasteiger partial charge in [0, 0.05) is 11.4 Å². The molecule has 0 radical (unpaired) electrons. The number of nitrogens with one attached hydrogen (secondary N) is 2. The molecule has 5 heteroatoms. The molecule has 0 atom stereocenters. The Morgan fingerprint density at radius 2 is 1.52 bits per heavy atom. The minimum atomic E-state index is -0.108. The Bertz CT molecular complexity index is 727. The van der Waals surface area contributed by atoms with Gasteiger partial charge in [0.1, 0.15) is 0 Å². The Morgan fingerprint density at radius 1 is 0.920 bits per heavy atom. The Kier molecular flexibility index (Phi) is 7.07. The van der Waals surface area contributed by atoms with Crippen molar-refractivity contribution in [1.82, 2.24) is 0 Å². The highest BCUT2D eigenvalue weighted by molar-refractivity contribution is 8.00. The smallest absolute Gasteiger partial charge is 0.234 e. The maximum Gasteiger partial charge on any atom is 0.234 e. The minimum Gasteiger partial charge on any atom is -0.325 e. The number of rotatable bonds is 7. The van der Waals surface area contributed by atoms with E-state index in [0.717, 1.165) is 16.9 Å². The summed E-state index contributed by atoms with van der Waals surface area (Å²) < 4.78 is 0. The molecule has 0 aliphatic rings. The Hall–Kier alpha value is -2.27. The molecule has 2 N–H and O–H groups in total. The lowest BCUT2D eigenvalue weighted by Gasteiger charge is -2.09. The zero-order valence-electron chi connectivity index (χ0n) is 14.8. The van der Waals surface area contributed by atoms with Gasteiger partial charge in [-0.1, -0.05) is 43.7 Å². The lowest BCUT2D eigenvalue weighted by Crippen LogP contribution is -2.18. The van der Waals surface area contributed by atoms with E-state index in [2.05, 4.69) is 24.5 Å². The summed E-state index contributed by atoms with van der Waals surface area (Å²) in [5, 5.41) is 5.70. The van der Waals surface area contributed by atoms with Crippen molar-refractivity contribution in [3.63, 3.8) is 0 Å². The van der Waals surface area contributed by atoms with Crippen molar-refractivity contribution in [2.24, 2.45) is 0 Å². The second-order valence-corrected chi connectivity index (χ2v) is 7.22. The van der Waals surface area contributed by atoms with Crippen LogP contribution in [0.15, 0.2) is 48.5 Å². The minimum absolute atomic E-state index is 0.103. The van der Waals surface area contributed by atoms with Gasteiger partial charge in [-0.15, -0.1) is 11.8 Å². The zero-order valence-corrected chi connectivity index (χ0v) is 15.7. The van der Waals surface area contributed by atoms with Crippen LogP contribution in [0.5, 0.6) is 0 Å². The van der Waals surface area contributed by atoms with E-state index >= 15 is 0 Å². The summed E-state index contributed by atoms with van der Waals surface area (Å²) in [6, 6.07) is 15.5. The summed E-state index contributed by atoms with van der Waals surface area (Å²) >= 11 is 1.30. The molecular weight excluding hydrogens is 332 g/mol. The van der Waals surface area contributed by atoms with Crippen molar-refractivity contribution in [3.05, 3.63) is 59.7 Å². The fourth-order valence-electron chi connectivity index (χ4n) is 2.24. The van der Waals surface area contributed by atoms with Gasteiger partial charge >= 0.3 is 0 Å². The normalized spacial score (nSPS) is 10.6. The van der Waals surface area contributed by atoms with Crippen LogP contribution in [0.3, 0.4) is 0 Å². The number of carbonyl (C=O) groups excluding carboxylic acids is 2. The number of hydrogen-bond acceptors (Lipinski definition) is 3. The van der Waals surface area contributed by atoms with Gasteiger partial charge in [0.25, 0.3) is 0 Å². The van der Waals surface area contributed by atoms with Crippen LogP contribution >= 0.6 is 11.8 Å². The van der Waals surface area contributed by atoms with Gasteiger partial charge in [-0.05, 0) is 42.7 Å². The molecule has 0 spiro atoms. The summed E-state index contributed by atoms with van der Waals surface area (Å²) in [5.41, 5.74) is 3.89. The lowest BCUT2D eigenvalue weighted by atomic mass is 10.0. The SMILES string of the molecule is Cc1ccc(NC(=O)CSCC(=O)Nc2cccc(C(C)C)c2)cc1. The van der Waals surface area contributed by atoms with E-state index in [0.29, 0.717) is 5.92 Å². The monoisotopic (exact) mass is 356 g/mol. The van der Waals surface area contributed by atoms with Crippen LogP contribution in [-0.2, 0) is 9.59 Å². The number of carbonyl (C=O) groups is 2. The summed E-state index contributed by atoms with van der Waals surface area (Å²) in [5.74, 6) is 0.690. The molecule has 0 heterocycles. The summed E-state index contributed by atoms with van der Waals surface area (Å²) in [6.07, 6.45) is 0. The number of aryl methyl sites for hydroxylation is 1. The third kappa shape index (κ3) is 6.63. The molecule has 2 aromatic carbocycles. The van der Waals surface area contributed by atoms with Crippen LogP contribution < -0.4 is 10.6 Å². The van der Waals surface area contributed by atoms with Gasteiger partial charge in [-0.3, -0.25) is 9.59 Å². The van der Waals surface area contributed by atoms with Crippen molar-refractivity contribution in [1.29, 1.82) is 0 Å². The molecule has 0 aliphatic carbocycles. The van der Waals surface area contributed by atoms with Gasteiger partial charge < -0.3 is 10.6 Å². The number of benzene rings is 2. The first-order valence-corrected chi connectivity index (χ1v) is 9.43. The molecule has 4 nitrogen and oxygen atoms in total. The van der Waals surface area contributed by atoms with Crippen LogP contribution in [0.4, 0.5) is 11.4 Å². The van der Waals surface area contributed by atoms with Crippen molar-refractivity contribution in [2.45, 2.75) is 26.7 Å². The average molecular weight is 356 g/mol. The molecule has 25 heavy (non-hydrogen) atoms. The highest BCUT2D eigenvalue weighted by Crippen LogP contribution is 2.18. The molecule has 0 unspecified atom stereocenters. The molecule has 0 aliphatic heterocycles. The fourth-order valence-corrected chi connectivity index (χ4v) is 2.86. The molecule has 132 valence electrons. The largest absolute Gasteiger partial charge is 0.325 e. The molecule has 2 rings (SSSR count). The van der Waals surface area contributed by atoms with Crippen molar-refractivity contribution in [2.75, 3.05) is 22.1 Å². The van der Waals surface area contributed by atoms with E-state index in [9.17, 15) is 9.59 Å². The maximum absolute atomic E-state index is 12.0. The third-order valence-electron chi connectivity index (χ3n) is 3.64. The molecule has 0 aromatic heterocycles. The van der Waals surface area contributed by atoms with Crippen molar-refractivity contribution >= 4 is 35.0 Å². The predicted octanol–water partition coefficient (Wildman–Crippen LogP) is 4.43. The fraction of sp³-hybridized carbons (Fsp3) is 0.300. The highest BCUT2D eigenvalue weighted by atomic mass is 32.2. The standard InChI is InChI=1S/C20H24N2O2S/c1-14(2)16-5-4-6-18(11-16)22-20(24)13-25-12-19(23)21-17-9-7-15(3)8-10-17/h4-11,14H,12-13H2,1-3H3,(H,21,23)(H,22,24). The molecular formula is C20H24N2O2S. The molecule has 2 aromatic rings. The first kappa shape index (κ1) is 19.1. The van der Waals surface area contributed by atoms with Crippen LogP contribution in [0.2, 0.25) is 0 Å². The highest BCUT2D eigenvalue weighted by Gasteiger charge is 2.07. The maximum atomic E-state index is 12.0. The van der Waals surface area contributed by atoms with Gasteiger partial charge in [-0.25, -0.2) is 0 Å². The van der Waals surface area contributed by atoms with E-state index in [-0.39, 0.29) is 23.3 Å². The van der Waals surface area contributed by atoms with E-state index in [1.54, 1.807) is 0 Å². The van der Waals surface area contributed by atoms with Crippen LogP contribution in [0.25, 0.3) is 0 Å². The van der Waals surface area contributed by atoms with Crippen molar-refractivity contribution in [3.8, 4) is 0 Å². The Balaban J connectivity index is 1.73. The summed E-state index contributed by atoms with van der Waals surface area (Å²) in [6.45, 7) is 6.23. The summed E-state index contributed by atoms with van der Waals surface area (Å²) in [4.78, 5) is 23.9. The van der Waals surface area contributed by atoms with Crippen molar-refractivity contribution < 1.29 is 9.59 Å². The molecule has 0 saturated carbocycles. The number of anilines is 2. The van der Waals surface area contributed by atoms with Gasteiger partial charge in [-0.2, -0.15) is 0 Å². The third-order valence-corrected chi connectivity index (χ3v) is 4.57. The number of hydrogen-bond donors (Lipinski definition) is 2. The van der Waals surface area contributed by atoms with E-state index in [4.69, 9.17) is 0 Å².